The van der Waals surface area contributed by atoms with E-state index < -0.39 is 5.82 Å². The molecular formula is C16H12ClFN3OS+. The maximum Gasteiger partial charge on any atom is 0.330 e. The maximum absolute atomic E-state index is 13.2. The van der Waals surface area contributed by atoms with E-state index in [-0.39, 0.29) is 10.9 Å². The molecule has 0 radical (unpaired) electrons. The van der Waals surface area contributed by atoms with Crippen LogP contribution in [0.25, 0.3) is 11.3 Å². The molecule has 0 aliphatic rings. The van der Waals surface area contributed by atoms with Crippen molar-refractivity contribution in [2.45, 2.75) is 0 Å². The van der Waals surface area contributed by atoms with Crippen molar-refractivity contribution in [3.05, 3.63) is 64.2 Å². The van der Waals surface area contributed by atoms with Crippen molar-refractivity contribution in [2.24, 2.45) is 0 Å². The maximum atomic E-state index is 13.2. The Hall–Kier alpha value is -2.44. The molecule has 1 heterocycles. The number of nitrogens with two attached hydrogens (primary N) is 1. The van der Waals surface area contributed by atoms with Gasteiger partial charge in [0.25, 0.3) is 5.91 Å². The second-order valence-corrected chi connectivity index (χ2v) is 6.20. The van der Waals surface area contributed by atoms with Gasteiger partial charge in [0.1, 0.15) is 10.7 Å². The first kappa shape index (κ1) is 15.5. The quantitative estimate of drug-likeness (QED) is 0.754. The van der Waals surface area contributed by atoms with Crippen LogP contribution in [0.1, 0.15) is 9.67 Å². The second kappa shape index (κ2) is 6.36. The number of nitrogen functional groups attached to an aromatic ring is 1. The number of carbonyl (C=O) groups is 1. The zero-order chi connectivity index (χ0) is 16.4. The normalized spacial score (nSPS) is 10.5. The van der Waals surface area contributed by atoms with E-state index >= 15 is 0 Å². The fourth-order valence-electron chi connectivity index (χ4n) is 2.10. The number of halogens is 2. The van der Waals surface area contributed by atoms with Gasteiger partial charge in [0.15, 0.2) is 5.69 Å². The average molecular weight is 349 g/mol. The standard InChI is InChI=1S/C16H11ClFN3OS/c17-11-8-10(6-7-12(11)18)20-15(22)14-13(21-16(19)23-14)9-4-2-1-3-5-9/h1-8H,(H2,19,21)(H,20,22)/p+1. The lowest BCUT2D eigenvalue weighted by atomic mass is 10.1. The number of H-pyrrole nitrogens is 1. The van der Waals surface area contributed by atoms with Crippen LogP contribution >= 0.6 is 22.9 Å². The van der Waals surface area contributed by atoms with Crippen LogP contribution in [-0.4, -0.2) is 5.91 Å². The van der Waals surface area contributed by atoms with Gasteiger partial charge in [-0.25, -0.2) is 9.37 Å². The number of benzene rings is 2. The molecule has 4 nitrogen and oxygen atoms in total. The molecule has 1 aromatic heterocycles. The molecule has 116 valence electrons. The summed E-state index contributed by atoms with van der Waals surface area (Å²) in [7, 11) is 0. The number of rotatable bonds is 3. The van der Waals surface area contributed by atoms with Crippen LogP contribution in [0, 0.1) is 5.82 Å². The Kier molecular flexibility index (Phi) is 4.27. The summed E-state index contributed by atoms with van der Waals surface area (Å²) in [6.45, 7) is 0. The molecule has 0 spiro atoms. The van der Waals surface area contributed by atoms with Gasteiger partial charge in [-0.1, -0.05) is 41.9 Å². The Morgan fingerprint density at radius 1 is 1.22 bits per heavy atom. The summed E-state index contributed by atoms with van der Waals surface area (Å²) < 4.78 is 13.2. The minimum atomic E-state index is -0.539. The molecule has 0 aliphatic carbocycles. The highest BCUT2D eigenvalue weighted by Crippen LogP contribution is 2.27. The predicted octanol–water partition coefficient (Wildman–Crippen LogP) is 3.86. The van der Waals surface area contributed by atoms with Gasteiger partial charge in [0.05, 0.1) is 5.02 Å². The van der Waals surface area contributed by atoms with E-state index in [0.717, 1.165) is 16.9 Å². The molecule has 2 aromatic carbocycles. The number of nitrogens with one attached hydrogen (secondary N) is 2. The van der Waals surface area contributed by atoms with Crippen LogP contribution in [0.4, 0.5) is 15.2 Å². The first-order valence-corrected chi connectivity index (χ1v) is 7.87. The van der Waals surface area contributed by atoms with Gasteiger partial charge in [-0.2, -0.15) is 0 Å². The fourth-order valence-corrected chi connectivity index (χ4v) is 3.06. The highest BCUT2D eigenvalue weighted by molar-refractivity contribution is 7.17. The summed E-state index contributed by atoms with van der Waals surface area (Å²) in [5, 5.41) is 3.06. The van der Waals surface area contributed by atoms with Crippen LogP contribution in [0.3, 0.4) is 0 Å². The van der Waals surface area contributed by atoms with Crippen LogP contribution in [-0.2, 0) is 0 Å². The van der Waals surface area contributed by atoms with Crippen LogP contribution in [0.2, 0.25) is 5.02 Å². The summed E-state index contributed by atoms with van der Waals surface area (Å²) in [6.07, 6.45) is 0. The molecule has 0 unspecified atom stereocenters. The Balaban J connectivity index is 1.92. The molecule has 23 heavy (non-hydrogen) atoms. The molecule has 0 atom stereocenters. The predicted molar refractivity (Wildman–Crippen MR) is 90.1 cm³/mol. The molecule has 0 saturated heterocycles. The van der Waals surface area contributed by atoms with Gasteiger partial charge >= 0.3 is 5.13 Å². The van der Waals surface area contributed by atoms with Crippen molar-refractivity contribution < 1.29 is 14.2 Å². The van der Waals surface area contributed by atoms with Gasteiger partial charge in [0.2, 0.25) is 0 Å². The number of amides is 1. The second-order valence-electron chi connectivity index (χ2n) is 4.74. The highest BCUT2D eigenvalue weighted by atomic mass is 35.5. The number of thiazole rings is 1. The SMILES string of the molecule is Nc1[nH+]c(-c2ccccc2)c(C(=O)Nc2ccc(F)c(Cl)c2)s1. The summed E-state index contributed by atoms with van der Waals surface area (Å²) in [5.41, 5.74) is 7.70. The van der Waals surface area contributed by atoms with E-state index in [2.05, 4.69) is 10.3 Å². The number of anilines is 2. The van der Waals surface area contributed by atoms with E-state index in [4.69, 9.17) is 17.3 Å². The average Bonchev–Trinajstić information content (AvgIpc) is 2.94. The monoisotopic (exact) mass is 348 g/mol. The molecule has 3 rings (SSSR count). The van der Waals surface area contributed by atoms with Crippen molar-refractivity contribution in [3.63, 3.8) is 0 Å². The number of aromatic amines is 1. The van der Waals surface area contributed by atoms with Gasteiger partial charge < -0.3 is 5.32 Å². The van der Waals surface area contributed by atoms with Crippen LogP contribution < -0.4 is 16.0 Å². The molecule has 1 amide bonds. The summed E-state index contributed by atoms with van der Waals surface area (Å²) >= 11 is 6.87. The highest BCUT2D eigenvalue weighted by Gasteiger charge is 2.22. The van der Waals surface area contributed by atoms with E-state index in [1.165, 1.54) is 18.2 Å². The van der Waals surface area contributed by atoms with Crippen LogP contribution in [0.5, 0.6) is 0 Å². The third kappa shape index (κ3) is 3.33. The molecule has 7 heteroatoms. The van der Waals surface area contributed by atoms with Gasteiger partial charge in [-0.05, 0) is 29.5 Å². The van der Waals surface area contributed by atoms with Crippen molar-refractivity contribution >= 4 is 39.7 Å². The third-order valence-corrected chi connectivity index (χ3v) is 4.34. The number of carbonyl (C=O) groups excluding carboxylic acids is 1. The van der Waals surface area contributed by atoms with Crippen molar-refractivity contribution in [2.75, 3.05) is 11.1 Å². The first-order chi connectivity index (χ1) is 11.0. The molecule has 0 bridgehead atoms. The lowest BCUT2D eigenvalue weighted by molar-refractivity contribution is -0.340. The van der Waals surface area contributed by atoms with Crippen molar-refractivity contribution in [1.82, 2.24) is 0 Å². The Morgan fingerprint density at radius 3 is 2.65 bits per heavy atom. The summed E-state index contributed by atoms with van der Waals surface area (Å²) in [6, 6.07) is 13.4. The molecule has 4 N–H and O–H groups in total. The summed E-state index contributed by atoms with van der Waals surface area (Å²) in [5.74, 6) is -0.882. The van der Waals surface area contributed by atoms with Crippen molar-refractivity contribution in [1.29, 1.82) is 0 Å². The molecule has 0 saturated carbocycles. The summed E-state index contributed by atoms with van der Waals surface area (Å²) in [4.78, 5) is 15.9. The number of hydrogen-bond acceptors (Lipinski definition) is 3. The molecular weight excluding hydrogens is 337 g/mol. The number of hydrogen-bond donors (Lipinski definition) is 2. The topological polar surface area (TPSA) is 69.3 Å². The number of aromatic nitrogens is 1. The Morgan fingerprint density at radius 2 is 1.96 bits per heavy atom. The third-order valence-electron chi connectivity index (χ3n) is 3.13. The van der Waals surface area contributed by atoms with E-state index in [9.17, 15) is 9.18 Å². The van der Waals surface area contributed by atoms with Crippen LogP contribution in [0.15, 0.2) is 48.5 Å². The smallest absolute Gasteiger partial charge is 0.321 e. The minimum absolute atomic E-state index is 0.0525. The zero-order valence-electron chi connectivity index (χ0n) is 11.8. The Bertz CT molecular complexity index is 867. The first-order valence-electron chi connectivity index (χ1n) is 6.68. The van der Waals surface area contributed by atoms with E-state index in [0.29, 0.717) is 21.4 Å². The van der Waals surface area contributed by atoms with Gasteiger partial charge in [-0.3, -0.25) is 10.5 Å². The fraction of sp³-hybridized carbons (Fsp3) is 0. The minimum Gasteiger partial charge on any atom is -0.321 e. The zero-order valence-corrected chi connectivity index (χ0v) is 13.3. The van der Waals surface area contributed by atoms with E-state index in [1.807, 2.05) is 30.3 Å². The molecule has 3 aromatic rings. The largest absolute Gasteiger partial charge is 0.330 e. The van der Waals surface area contributed by atoms with Crippen molar-refractivity contribution in [3.8, 4) is 11.3 Å². The van der Waals surface area contributed by atoms with Gasteiger partial charge in [-0.15, -0.1) is 0 Å². The van der Waals surface area contributed by atoms with E-state index in [1.54, 1.807) is 0 Å². The lowest BCUT2D eigenvalue weighted by Crippen LogP contribution is -2.14. The molecule has 0 aliphatic heterocycles. The lowest BCUT2D eigenvalue weighted by Gasteiger charge is -2.05. The Labute approximate surface area is 140 Å². The van der Waals surface area contributed by atoms with Gasteiger partial charge in [0, 0.05) is 11.3 Å². The molecule has 0 fully saturated rings.